The van der Waals surface area contributed by atoms with Gasteiger partial charge in [0.15, 0.2) is 11.8 Å². The van der Waals surface area contributed by atoms with Crippen molar-refractivity contribution in [1.82, 2.24) is 9.78 Å². The second-order valence-electron chi connectivity index (χ2n) is 5.21. The molecule has 24 heavy (non-hydrogen) atoms. The molecular weight excluding hydrogens is 354 g/mol. The summed E-state index contributed by atoms with van der Waals surface area (Å²) in [6.07, 6.45) is -5.55. The van der Waals surface area contributed by atoms with Crippen LogP contribution in [0.3, 0.4) is 0 Å². The van der Waals surface area contributed by atoms with E-state index in [4.69, 9.17) is 16.3 Å². The molecule has 10 heteroatoms. The topological polar surface area (TPSA) is 56.1 Å². The average Bonchev–Trinajstić information content (AvgIpc) is 2.75. The number of hydrogen-bond acceptors (Lipinski definition) is 3. The number of ether oxygens (including phenoxy) is 1. The molecule has 1 amide bonds. The van der Waals surface area contributed by atoms with Crippen molar-refractivity contribution in [3.63, 3.8) is 0 Å². The fourth-order valence-electron chi connectivity index (χ4n) is 2.39. The van der Waals surface area contributed by atoms with Gasteiger partial charge in [-0.1, -0.05) is 11.6 Å². The molecule has 0 spiro atoms. The lowest BCUT2D eigenvalue weighted by molar-refractivity contribution is -0.143. The Kier molecular flexibility index (Phi) is 3.71. The van der Waals surface area contributed by atoms with Crippen molar-refractivity contribution in [3.8, 4) is 17.0 Å². The van der Waals surface area contributed by atoms with Gasteiger partial charge in [0.25, 0.3) is 5.91 Å². The number of alkyl halides is 3. The molecule has 0 aliphatic carbocycles. The van der Waals surface area contributed by atoms with Gasteiger partial charge >= 0.3 is 6.18 Å². The third-order valence-corrected chi connectivity index (χ3v) is 3.87. The van der Waals surface area contributed by atoms with Gasteiger partial charge in [-0.25, -0.2) is 4.39 Å². The summed E-state index contributed by atoms with van der Waals surface area (Å²) in [5.74, 6) is -1.25. The third-order valence-electron chi connectivity index (χ3n) is 3.51. The van der Waals surface area contributed by atoms with Crippen molar-refractivity contribution < 1.29 is 27.1 Å². The van der Waals surface area contributed by atoms with Crippen LogP contribution in [0.1, 0.15) is 12.6 Å². The van der Waals surface area contributed by atoms with Crippen LogP contribution in [0, 0.1) is 5.82 Å². The predicted octanol–water partition coefficient (Wildman–Crippen LogP) is 3.62. The van der Waals surface area contributed by atoms with Crippen molar-refractivity contribution >= 4 is 23.2 Å². The summed E-state index contributed by atoms with van der Waals surface area (Å²) >= 11 is 5.77. The number of fused-ring (bicyclic) bond motifs is 1. The Balaban J connectivity index is 2.15. The van der Waals surface area contributed by atoms with Gasteiger partial charge < -0.3 is 10.1 Å². The molecule has 1 aliphatic heterocycles. The largest absolute Gasteiger partial charge is 0.479 e. The van der Waals surface area contributed by atoms with Gasteiger partial charge in [-0.05, 0) is 13.0 Å². The Bertz CT molecular complexity index is 848. The van der Waals surface area contributed by atoms with E-state index in [1.165, 1.54) is 6.92 Å². The van der Waals surface area contributed by atoms with E-state index in [1.807, 2.05) is 0 Å². The fraction of sp³-hybridized carbons (Fsp3) is 0.286. The van der Waals surface area contributed by atoms with Crippen molar-refractivity contribution in [2.24, 2.45) is 7.05 Å². The second-order valence-corrected chi connectivity index (χ2v) is 5.59. The number of anilines is 1. The van der Waals surface area contributed by atoms with E-state index in [2.05, 4.69) is 10.4 Å². The molecule has 1 N–H and O–H groups in total. The number of aryl methyl sites for hydroxylation is 1. The Morgan fingerprint density at radius 1 is 1.38 bits per heavy atom. The molecule has 2 heterocycles. The number of aromatic nitrogens is 2. The first-order valence-electron chi connectivity index (χ1n) is 6.70. The van der Waals surface area contributed by atoms with Crippen molar-refractivity contribution in [2.45, 2.75) is 19.2 Å². The van der Waals surface area contributed by atoms with Crippen molar-refractivity contribution in [2.75, 3.05) is 5.32 Å². The summed E-state index contributed by atoms with van der Waals surface area (Å²) in [6.45, 7) is 1.48. The molecule has 1 aliphatic rings. The quantitative estimate of drug-likeness (QED) is 0.787. The minimum Gasteiger partial charge on any atom is -0.479 e. The number of rotatable bonds is 1. The lowest BCUT2D eigenvalue weighted by Gasteiger charge is -2.23. The molecule has 2 aromatic rings. The summed E-state index contributed by atoms with van der Waals surface area (Å²) in [4.78, 5) is 11.6. The maximum atomic E-state index is 14.3. The molecule has 128 valence electrons. The SMILES string of the molecule is CC1Oc2cc(F)c(-c3nn(C)c(C(F)(F)F)c3Cl)cc2NC1=O. The van der Waals surface area contributed by atoms with Gasteiger partial charge in [-0.3, -0.25) is 9.48 Å². The highest BCUT2D eigenvalue weighted by Gasteiger charge is 2.39. The van der Waals surface area contributed by atoms with Gasteiger partial charge in [0.1, 0.15) is 17.3 Å². The summed E-state index contributed by atoms with van der Waals surface area (Å²) < 4.78 is 59.1. The molecule has 0 saturated heterocycles. The molecular formula is C14H10ClF4N3O2. The van der Waals surface area contributed by atoms with Gasteiger partial charge in [-0.15, -0.1) is 0 Å². The Morgan fingerprint density at radius 2 is 2.04 bits per heavy atom. The lowest BCUT2D eigenvalue weighted by Crippen LogP contribution is -2.34. The molecule has 0 bridgehead atoms. The zero-order valence-corrected chi connectivity index (χ0v) is 13.1. The van der Waals surface area contributed by atoms with Crippen LogP contribution in [0.25, 0.3) is 11.3 Å². The van der Waals surface area contributed by atoms with E-state index in [-0.39, 0.29) is 22.7 Å². The highest BCUT2D eigenvalue weighted by Crippen LogP contribution is 2.42. The molecule has 0 fully saturated rings. The monoisotopic (exact) mass is 363 g/mol. The molecule has 3 rings (SSSR count). The van der Waals surface area contributed by atoms with Gasteiger partial charge in [0.05, 0.1) is 10.7 Å². The standard InChI is InChI=1S/C14H10ClF4N3O2/c1-5-13(23)20-8-3-6(7(16)4-9(8)24-5)11-10(15)12(14(17,18)19)22(2)21-11/h3-5H,1-2H3,(H,20,23). The van der Waals surface area contributed by atoms with Crippen LogP contribution in [-0.2, 0) is 18.0 Å². The van der Waals surface area contributed by atoms with E-state index in [9.17, 15) is 22.4 Å². The predicted molar refractivity (Wildman–Crippen MR) is 77.3 cm³/mol. The van der Waals surface area contributed by atoms with Gasteiger partial charge in [0.2, 0.25) is 0 Å². The summed E-state index contributed by atoms with van der Waals surface area (Å²) in [7, 11) is 1.06. The highest BCUT2D eigenvalue weighted by molar-refractivity contribution is 6.33. The number of carbonyl (C=O) groups is 1. The summed E-state index contributed by atoms with van der Waals surface area (Å²) in [5.41, 5.74) is -1.71. The minimum atomic E-state index is -4.74. The van der Waals surface area contributed by atoms with Crippen molar-refractivity contribution in [1.29, 1.82) is 0 Å². The maximum Gasteiger partial charge on any atom is 0.434 e. The van der Waals surface area contributed by atoms with Gasteiger partial charge in [-0.2, -0.15) is 18.3 Å². The Morgan fingerprint density at radius 3 is 2.62 bits per heavy atom. The highest BCUT2D eigenvalue weighted by atomic mass is 35.5. The van der Waals surface area contributed by atoms with Gasteiger partial charge in [0, 0.05) is 18.7 Å². The van der Waals surface area contributed by atoms with E-state index in [1.54, 1.807) is 0 Å². The molecule has 0 saturated carbocycles. The van der Waals surface area contributed by atoms with E-state index >= 15 is 0 Å². The number of amides is 1. The molecule has 1 atom stereocenters. The molecule has 1 aromatic carbocycles. The number of benzene rings is 1. The maximum absolute atomic E-state index is 14.3. The van der Waals surface area contributed by atoms with Crippen LogP contribution in [0.2, 0.25) is 5.02 Å². The van der Waals surface area contributed by atoms with Crippen LogP contribution in [0.15, 0.2) is 12.1 Å². The fourth-order valence-corrected chi connectivity index (χ4v) is 2.76. The number of hydrogen-bond donors (Lipinski definition) is 1. The van der Waals surface area contributed by atoms with Crippen LogP contribution in [0.4, 0.5) is 23.2 Å². The first kappa shape index (κ1) is 16.6. The molecule has 0 radical (unpaired) electrons. The summed E-state index contributed by atoms with van der Waals surface area (Å²) in [5, 5.41) is 5.43. The van der Waals surface area contributed by atoms with E-state index in [0.717, 1.165) is 19.2 Å². The van der Waals surface area contributed by atoms with Crippen LogP contribution in [-0.4, -0.2) is 21.8 Å². The second kappa shape index (κ2) is 5.37. The first-order valence-corrected chi connectivity index (χ1v) is 7.08. The normalized spacial score (nSPS) is 17.3. The number of carbonyl (C=O) groups excluding carboxylic acids is 1. The van der Waals surface area contributed by atoms with Crippen LogP contribution in [0.5, 0.6) is 5.75 Å². The minimum absolute atomic E-state index is 0.0754. The zero-order chi connectivity index (χ0) is 17.8. The first-order chi connectivity index (χ1) is 11.1. The number of halogens is 5. The van der Waals surface area contributed by atoms with E-state index in [0.29, 0.717) is 4.68 Å². The molecule has 1 unspecified atom stereocenters. The average molecular weight is 364 g/mol. The molecule has 1 aromatic heterocycles. The third kappa shape index (κ3) is 2.58. The number of nitrogens with one attached hydrogen (secondary N) is 1. The Hall–Kier alpha value is -2.29. The summed E-state index contributed by atoms with van der Waals surface area (Å²) in [6, 6.07) is 2.11. The van der Waals surface area contributed by atoms with Crippen LogP contribution >= 0.6 is 11.6 Å². The van der Waals surface area contributed by atoms with Crippen molar-refractivity contribution in [3.05, 3.63) is 28.7 Å². The molecule has 5 nitrogen and oxygen atoms in total. The number of nitrogens with zero attached hydrogens (tertiary/aromatic N) is 2. The van der Waals surface area contributed by atoms with E-state index < -0.39 is 34.7 Å². The van der Waals surface area contributed by atoms with Crippen LogP contribution < -0.4 is 10.1 Å². The Labute approximate surface area is 138 Å². The lowest BCUT2D eigenvalue weighted by atomic mass is 10.1. The zero-order valence-electron chi connectivity index (χ0n) is 12.3. The smallest absolute Gasteiger partial charge is 0.434 e.